The predicted molar refractivity (Wildman–Crippen MR) is 139 cm³/mol. The van der Waals surface area contributed by atoms with Gasteiger partial charge in [-0.15, -0.1) is 0 Å². The highest BCUT2D eigenvalue weighted by Crippen LogP contribution is 2.34. The summed E-state index contributed by atoms with van der Waals surface area (Å²) in [6, 6.07) is 18.9. The molecule has 1 aliphatic heterocycles. The van der Waals surface area contributed by atoms with Gasteiger partial charge < -0.3 is 10.6 Å². The van der Waals surface area contributed by atoms with E-state index >= 15 is 0 Å². The summed E-state index contributed by atoms with van der Waals surface area (Å²) in [5, 5.41) is 22.0. The number of amides is 2. The number of hydrogen-bond acceptors (Lipinski definition) is 6. The third-order valence-corrected chi connectivity index (χ3v) is 5.84. The summed E-state index contributed by atoms with van der Waals surface area (Å²) in [4.78, 5) is 37.7. The molecule has 3 N–H and O–H groups in total. The smallest absolute Gasteiger partial charge is 0.272 e. The van der Waals surface area contributed by atoms with Crippen molar-refractivity contribution in [3.05, 3.63) is 110 Å². The lowest BCUT2D eigenvalue weighted by Crippen LogP contribution is -2.38. The first kappa shape index (κ1) is 24.9. The average molecular weight is 524 g/mol. The second kappa shape index (κ2) is 10.6. The van der Waals surface area contributed by atoms with E-state index < -0.39 is 22.7 Å². The van der Waals surface area contributed by atoms with Crippen molar-refractivity contribution in [1.82, 2.24) is 5.43 Å². The molecular weight excluding hydrogens is 505 g/mol. The zero-order valence-corrected chi connectivity index (χ0v) is 20.3. The van der Waals surface area contributed by atoms with Gasteiger partial charge in [-0.25, -0.2) is 0 Å². The Balaban J connectivity index is 1.75. The Morgan fingerprint density at radius 3 is 2.08 bits per heavy atom. The van der Waals surface area contributed by atoms with Crippen molar-refractivity contribution in [3.63, 3.8) is 0 Å². The molecule has 1 unspecified atom stereocenters. The molecule has 0 radical (unpaired) electrons. The molecule has 36 heavy (non-hydrogen) atoms. The minimum absolute atomic E-state index is 0.0580. The number of rotatable bonds is 6. The number of benzene rings is 3. The van der Waals surface area contributed by atoms with Crippen molar-refractivity contribution >= 4 is 57.8 Å². The minimum Gasteiger partial charge on any atom is -0.322 e. The van der Waals surface area contributed by atoms with Gasteiger partial charge in [-0.3, -0.25) is 25.1 Å². The van der Waals surface area contributed by atoms with Crippen LogP contribution in [-0.2, 0) is 9.59 Å². The summed E-state index contributed by atoms with van der Waals surface area (Å²) in [7, 11) is 0. The van der Waals surface area contributed by atoms with E-state index in [1.165, 1.54) is 18.2 Å². The number of nitrogens with zero attached hydrogens (tertiary/aromatic N) is 2. The molecule has 3 aromatic carbocycles. The first-order valence-electron chi connectivity index (χ1n) is 10.7. The van der Waals surface area contributed by atoms with E-state index in [1.54, 1.807) is 61.5 Å². The van der Waals surface area contributed by atoms with Gasteiger partial charge in [0.1, 0.15) is 5.71 Å². The third-order valence-electron chi connectivity index (χ3n) is 5.37. The number of anilines is 2. The van der Waals surface area contributed by atoms with Crippen molar-refractivity contribution < 1.29 is 14.5 Å². The fourth-order valence-corrected chi connectivity index (χ4v) is 4.15. The van der Waals surface area contributed by atoms with Crippen LogP contribution in [0.15, 0.2) is 89.2 Å². The number of halogens is 2. The molecule has 3 aromatic rings. The summed E-state index contributed by atoms with van der Waals surface area (Å²) in [5.74, 6) is -2.15. The van der Waals surface area contributed by atoms with Crippen LogP contribution >= 0.6 is 23.2 Å². The summed E-state index contributed by atoms with van der Waals surface area (Å²) in [5.41, 5.74) is 4.25. The second-order valence-corrected chi connectivity index (χ2v) is 8.73. The molecule has 0 spiro atoms. The quantitative estimate of drug-likeness (QED) is 0.290. The molecule has 0 fully saturated rings. The topological polar surface area (TPSA) is 126 Å². The SMILES string of the molecule is CC1=C(C(=O)Nc2cccc(Cl)c2)C(c2cccc([N+](=O)[O-])c2)C(C(=O)Nc2cccc(Cl)c2)=NN1. The molecule has 182 valence electrons. The highest BCUT2D eigenvalue weighted by atomic mass is 35.5. The van der Waals surface area contributed by atoms with E-state index in [2.05, 4.69) is 21.2 Å². The van der Waals surface area contributed by atoms with E-state index in [4.69, 9.17) is 23.2 Å². The molecule has 4 rings (SSSR count). The molecular formula is C25H19Cl2N5O4. The molecule has 0 aromatic heterocycles. The van der Waals surface area contributed by atoms with Crippen LogP contribution in [0.5, 0.6) is 0 Å². The van der Waals surface area contributed by atoms with Crippen LogP contribution in [0, 0.1) is 10.1 Å². The fraction of sp³-hybridized carbons (Fsp3) is 0.0800. The summed E-state index contributed by atoms with van der Waals surface area (Å²) >= 11 is 12.1. The van der Waals surface area contributed by atoms with Gasteiger partial charge in [0.15, 0.2) is 0 Å². The monoisotopic (exact) mass is 523 g/mol. The molecule has 0 saturated heterocycles. The highest BCUT2D eigenvalue weighted by Gasteiger charge is 2.37. The summed E-state index contributed by atoms with van der Waals surface area (Å²) in [6.07, 6.45) is 0. The molecule has 0 aliphatic carbocycles. The molecule has 0 bridgehead atoms. The number of nitro groups is 1. The number of allylic oxidation sites excluding steroid dienone is 1. The lowest BCUT2D eigenvalue weighted by atomic mass is 9.83. The van der Waals surface area contributed by atoms with Gasteiger partial charge in [0.2, 0.25) is 0 Å². The van der Waals surface area contributed by atoms with E-state index in [1.807, 2.05) is 0 Å². The van der Waals surface area contributed by atoms with E-state index in [0.29, 0.717) is 32.7 Å². The van der Waals surface area contributed by atoms with Gasteiger partial charge in [0.05, 0.1) is 16.4 Å². The summed E-state index contributed by atoms with van der Waals surface area (Å²) in [6.45, 7) is 1.63. The molecule has 1 atom stereocenters. The lowest BCUT2D eigenvalue weighted by molar-refractivity contribution is -0.384. The van der Waals surface area contributed by atoms with Crippen LogP contribution in [0.3, 0.4) is 0 Å². The van der Waals surface area contributed by atoms with Gasteiger partial charge >= 0.3 is 0 Å². The number of non-ortho nitro benzene ring substituents is 1. The van der Waals surface area contributed by atoms with Crippen LogP contribution in [-0.4, -0.2) is 22.4 Å². The van der Waals surface area contributed by atoms with Gasteiger partial charge in [-0.05, 0) is 48.9 Å². The third kappa shape index (κ3) is 5.54. The zero-order valence-electron chi connectivity index (χ0n) is 18.8. The normalized spacial score (nSPS) is 15.0. The number of nitrogens with one attached hydrogen (secondary N) is 3. The van der Waals surface area contributed by atoms with Gasteiger partial charge in [0, 0.05) is 39.2 Å². The maximum atomic E-state index is 13.5. The Bertz CT molecular complexity index is 1440. The van der Waals surface area contributed by atoms with Gasteiger partial charge in [-0.1, -0.05) is 47.5 Å². The summed E-state index contributed by atoms with van der Waals surface area (Å²) < 4.78 is 0. The number of carbonyl (C=O) groups is 2. The maximum absolute atomic E-state index is 13.5. The van der Waals surface area contributed by atoms with E-state index in [9.17, 15) is 19.7 Å². The second-order valence-electron chi connectivity index (χ2n) is 7.86. The molecule has 0 saturated carbocycles. The molecule has 1 aliphatic rings. The van der Waals surface area contributed by atoms with Gasteiger partial charge in [0.25, 0.3) is 17.5 Å². The Labute approximate surface area is 216 Å². The molecule has 11 heteroatoms. The first-order valence-corrected chi connectivity index (χ1v) is 11.4. The Morgan fingerprint density at radius 1 is 0.917 bits per heavy atom. The van der Waals surface area contributed by atoms with Crippen LogP contribution in [0.25, 0.3) is 0 Å². The van der Waals surface area contributed by atoms with Crippen LogP contribution in [0.1, 0.15) is 18.4 Å². The maximum Gasteiger partial charge on any atom is 0.272 e. The van der Waals surface area contributed by atoms with Crippen molar-refractivity contribution in [3.8, 4) is 0 Å². The van der Waals surface area contributed by atoms with Crippen molar-refractivity contribution in [2.75, 3.05) is 10.6 Å². The van der Waals surface area contributed by atoms with E-state index in [0.717, 1.165) is 0 Å². The highest BCUT2D eigenvalue weighted by molar-refractivity contribution is 6.46. The van der Waals surface area contributed by atoms with E-state index in [-0.39, 0.29) is 17.0 Å². The average Bonchev–Trinajstić information content (AvgIpc) is 2.83. The standard InChI is InChI=1S/C25H19Cl2N5O4/c1-14-21(24(33)28-18-8-3-6-16(26)12-18)22(15-5-2-10-20(11-15)32(35)36)23(31-30-14)25(34)29-19-9-4-7-17(27)13-19/h2-13,22,30H,1H3,(H,28,33)(H,29,34). The van der Waals surface area contributed by atoms with Crippen molar-refractivity contribution in [1.29, 1.82) is 0 Å². The Kier molecular flexibility index (Phi) is 7.33. The molecule has 1 heterocycles. The minimum atomic E-state index is -1.01. The van der Waals surface area contributed by atoms with Crippen molar-refractivity contribution in [2.45, 2.75) is 12.8 Å². The number of carbonyl (C=O) groups excluding carboxylic acids is 2. The Morgan fingerprint density at radius 2 is 1.50 bits per heavy atom. The van der Waals surface area contributed by atoms with Gasteiger partial charge in [-0.2, -0.15) is 5.10 Å². The fourth-order valence-electron chi connectivity index (χ4n) is 3.77. The zero-order chi connectivity index (χ0) is 25.8. The van der Waals surface area contributed by atoms with Crippen LogP contribution in [0.4, 0.5) is 17.1 Å². The van der Waals surface area contributed by atoms with Crippen molar-refractivity contribution in [2.24, 2.45) is 5.10 Å². The largest absolute Gasteiger partial charge is 0.322 e. The number of hydrogen-bond donors (Lipinski definition) is 3. The Hall–Kier alpha value is -4.21. The molecule has 2 amide bonds. The predicted octanol–water partition coefficient (Wildman–Crippen LogP) is 5.50. The molecule has 9 nitrogen and oxygen atoms in total. The van der Waals surface area contributed by atoms with Crippen LogP contribution in [0.2, 0.25) is 10.0 Å². The first-order chi connectivity index (χ1) is 17.2. The lowest BCUT2D eigenvalue weighted by Gasteiger charge is -2.27. The van der Waals surface area contributed by atoms with Crippen LogP contribution < -0.4 is 16.1 Å². The number of nitro benzene ring substituents is 1. The number of hydrazone groups is 1.